The van der Waals surface area contributed by atoms with Gasteiger partial charge in [-0.05, 0) is 22.0 Å². The highest BCUT2D eigenvalue weighted by Crippen LogP contribution is 2.25. The molecule has 1 heterocycles. The van der Waals surface area contributed by atoms with E-state index in [1.165, 1.54) is 0 Å². The van der Waals surface area contributed by atoms with Crippen LogP contribution >= 0.6 is 15.9 Å². The van der Waals surface area contributed by atoms with Crippen molar-refractivity contribution < 1.29 is 18.0 Å². The van der Waals surface area contributed by atoms with Crippen molar-refractivity contribution in [1.29, 1.82) is 0 Å². The summed E-state index contributed by atoms with van der Waals surface area (Å²) in [6.07, 6.45) is 0.761. The fraction of sp³-hybridized carbons (Fsp3) is 0. The van der Waals surface area contributed by atoms with E-state index in [0.29, 0.717) is 0 Å². The third-order valence-electron chi connectivity index (χ3n) is 2.24. The van der Waals surface area contributed by atoms with Crippen LogP contribution in [0, 0.1) is 17.5 Å². The average Bonchev–Trinajstić information content (AvgIpc) is 2.78. The van der Waals surface area contributed by atoms with Gasteiger partial charge in [-0.15, -0.1) is 0 Å². The second-order valence-corrected chi connectivity index (χ2v) is 4.35. The van der Waals surface area contributed by atoms with E-state index in [9.17, 15) is 18.0 Å². The Kier molecular flexibility index (Phi) is 3.65. The highest BCUT2D eigenvalue weighted by molar-refractivity contribution is 9.10. The SMILES string of the molecule is [B]c1cc(Br)c(F)c(NC(=O)c2[nH]ncc2F)c1F. The minimum atomic E-state index is -1.14. The highest BCUT2D eigenvalue weighted by Gasteiger charge is 2.20. The summed E-state index contributed by atoms with van der Waals surface area (Å²) in [6, 6.07) is 1.01. The summed E-state index contributed by atoms with van der Waals surface area (Å²) in [5.74, 6) is -4.22. The van der Waals surface area contributed by atoms with Crippen molar-refractivity contribution in [1.82, 2.24) is 10.2 Å². The molecular formula is C10H4BBrF3N3O. The van der Waals surface area contributed by atoms with Crippen LogP contribution in [-0.2, 0) is 0 Å². The van der Waals surface area contributed by atoms with Crippen molar-refractivity contribution in [3.8, 4) is 0 Å². The molecule has 0 atom stereocenters. The summed E-state index contributed by atoms with van der Waals surface area (Å²) < 4.78 is 40.2. The molecule has 0 bridgehead atoms. The normalized spacial score (nSPS) is 10.5. The zero-order chi connectivity index (χ0) is 14.2. The quantitative estimate of drug-likeness (QED) is 0.650. The van der Waals surface area contributed by atoms with Gasteiger partial charge in [-0.1, -0.05) is 5.46 Å². The van der Waals surface area contributed by atoms with E-state index in [1.807, 2.05) is 5.32 Å². The van der Waals surface area contributed by atoms with Gasteiger partial charge in [-0.2, -0.15) is 5.10 Å². The lowest BCUT2D eigenvalue weighted by atomic mass is 9.95. The zero-order valence-electron chi connectivity index (χ0n) is 9.10. The first-order valence-corrected chi connectivity index (χ1v) is 5.64. The fourth-order valence-electron chi connectivity index (χ4n) is 1.34. The van der Waals surface area contributed by atoms with Crippen molar-refractivity contribution in [2.45, 2.75) is 0 Å². The minimum absolute atomic E-state index is 0.133. The number of carbonyl (C=O) groups excluding carboxylic acids is 1. The van der Waals surface area contributed by atoms with Crippen LogP contribution < -0.4 is 10.8 Å². The molecule has 2 aromatic rings. The number of nitrogens with zero attached hydrogens (tertiary/aromatic N) is 1. The molecule has 1 aromatic heterocycles. The molecule has 2 N–H and O–H groups in total. The predicted molar refractivity (Wildman–Crippen MR) is 65.9 cm³/mol. The number of aromatic amines is 1. The average molecular weight is 330 g/mol. The van der Waals surface area contributed by atoms with E-state index in [1.54, 1.807) is 0 Å². The summed E-state index contributed by atoms with van der Waals surface area (Å²) in [5, 5.41) is 7.24. The van der Waals surface area contributed by atoms with Gasteiger partial charge in [0.25, 0.3) is 5.91 Å². The Hall–Kier alpha value is -1.77. The smallest absolute Gasteiger partial charge is 0.276 e. The van der Waals surface area contributed by atoms with Crippen LogP contribution in [-0.4, -0.2) is 24.0 Å². The molecule has 0 aliphatic rings. The number of carbonyl (C=O) groups is 1. The van der Waals surface area contributed by atoms with E-state index in [0.717, 1.165) is 12.3 Å². The number of nitrogens with one attached hydrogen (secondary N) is 2. The van der Waals surface area contributed by atoms with E-state index in [2.05, 4.69) is 26.1 Å². The van der Waals surface area contributed by atoms with Crippen molar-refractivity contribution in [2.75, 3.05) is 5.32 Å². The molecule has 2 rings (SSSR count). The maximum atomic E-state index is 13.7. The van der Waals surface area contributed by atoms with Crippen LogP contribution in [0.1, 0.15) is 10.5 Å². The minimum Gasteiger partial charge on any atom is -0.316 e. The first kappa shape index (κ1) is 13.7. The van der Waals surface area contributed by atoms with Gasteiger partial charge in [-0.3, -0.25) is 9.89 Å². The Balaban J connectivity index is 2.40. The van der Waals surface area contributed by atoms with Gasteiger partial charge in [0.1, 0.15) is 19.4 Å². The molecule has 2 radical (unpaired) electrons. The standard InChI is InChI=1S/C10H4BBrF3N3O/c11-3-1-4(12)7(15)9(6(3)14)17-10(19)8-5(13)2-16-18-8/h1-2H,(H,16,18)(H,17,19). The molecular weight excluding hydrogens is 326 g/mol. The van der Waals surface area contributed by atoms with E-state index < -0.39 is 34.7 Å². The second kappa shape index (κ2) is 5.08. The lowest BCUT2D eigenvalue weighted by Gasteiger charge is -2.10. The first-order valence-electron chi connectivity index (χ1n) is 4.85. The third kappa shape index (κ3) is 2.51. The maximum Gasteiger partial charge on any atom is 0.276 e. The van der Waals surface area contributed by atoms with Gasteiger partial charge in [0.15, 0.2) is 17.3 Å². The van der Waals surface area contributed by atoms with E-state index in [-0.39, 0.29) is 9.94 Å². The lowest BCUT2D eigenvalue weighted by molar-refractivity contribution is 0.101. The van der Waals surface area contributed by atoms with Gasteiger partial charge < -0.3 is 5.32 Å². The van der Waals surface area contributed by atoms with Crippen molar-refractivity contribution in [2.24, 2.45) is 0 Å². The molecule has 0 saturated heterocycles. The van der Waals surface area contributed by atoms with Crippen LogP contribution in [0.25, 0.3) is 0 Å². The Morgan fingerprint density at radius 2 is 2.05 bits per heavy atom. The molecule has 1 amide bonds. The molecule has 0 aliphatic heterocycles. The number of hydrogen-bond acceptors (Lipinski definition) is 2. The number of aromatic nitrogens is 2. The molecule has 1 aromatic carbocycles. The molecule has 96 valence electrons. The molecule has 0 aliphatic carbocycles. The molecule has 9 heteroatoms. The van der Waals surface area contributed by atoms with E-state index >= 15 is 0 Å². The number of rotatable bonds is 2. The van der Waals surface area contributed by atoms with Crippen molar-refractivity contribution in [3.05, 3.63) is 39.9 Å². The van der Waals surface area contributed by atoms with Crippen LogP contribution in [0.4, 0.5) is 18.9 Å². The van der Waals surface area contributed by atoms with Crippen molar-refractivity contribution >= 4 is 40.8 Å². The molecule has 19 heavy (non-hydrogen) atoms. The summed E-state index contributed by atoms with van der Waals surface area (Å²) in [5.41, 5.74) is -1.68. The van der Waals surface area contributed by atoms with E-state index in [4.69, 9.17) is 7.85 Å². The van der Waals surface area contributed by atoms with Crippen molar-refractivity contribution in [3.63, 3.8) is 0 Å². The monoisotopic (exact) mass is 329 g/mol. The zero-order valence-corrected chi connectivity index (χ0v) is 10.7. The summed E-state index contributed by atoms with van der Waals surface area (Å²) in [6.45, 7) is 0. The Labute approximate surface area is 114 Å². The largest absolute Gasteiger partial charge is 0.316 e. The van der Waals surface area contributed by atoms with Gasteiger partial charge in [-0.25, -0.2) is 13.2 Å². The number of anilines is 1. The number of H-pyrrole nitrogens is 1. The fourth-order valence-corrected chi connectivity index (χ4v) is 1.78. The van der Waals surface area contributed by atoms with Gasteiger partial charge in [0.2, 0.25) is 0 Å². The first-order chi connectivity index (χ1) is 8.91. The summed E-state index contributed by atoms with van der Waals surface area (Å²) in [4.78, 5) is 11.6. The lowest BCUT2D eigenvalue weighted by Crippen LogP contribution is -2.20. The third-order valence-corrected chi connectivity index (χ3v) is 2.82. The van der Waals surface area contributed by atoms with Gasteiger partial charge in [0, 0.05) is 0 Å². The molecule has 4 nitrogen and oxygen atoms in total. The summed E-state index contributed by atoms with van der Waals surface area (Å²) in [7, 11) is 5.30. The Bertz CT molecular complexity index is 635. The number of hydrogen-bond donors (Lipinski definition) is 2. The van der Waals surface area contributed by atoms with Crippen LogP contribution in [0.15, 0.2) is 16.7 Å². The Morgan fingerprint density at radius 1 is 1.37 bits per heavy atom. The summed E-state index contributed by atoms with van der Waals surface area (Å²) >= 11 is 2.82. The van der Waals surface area contributed by atoms with Crippen LogP contribution in [0.5, 0.6) is 0 Å². The highest BCUT2D eigenvalue weighted by atomic mass is 79.9. The van der Waals surface area contributed by atoms with Crippen LogP contribution in [0.3, 0.4) is 0 Å². The number of benzene rings is 1. The molecule has 0 spiro atoms. The van der Waals surface area contributed by atoms with Gasteiger partial charge >= 0.3 is 0 Å². The van der Waals surface area contributed by atoms with Gasteiger partial charge in [0.05, 0.1) is 10.7 Å². The predicted octanol–water partition coefficient (Wildman–Crippen LogP) is 1.64. The maximum absolute atomic E-state index is 13.7. The number of amides is 1. The van der Waals surface area contributed by atoms with Crippen LogP contribution in [0.2, 0.25) is 0 Å². The topological polar surface area (TPSA) is 57.8 Å². The molecule has 0 fully saturated rings. The molecule has 0 saturated carbocycles. The number of halogens is 4. The Morgan fingerprint density at radius 3 is 2.63 bits per heavy atom. The second-order valence-electron chi connectivity index (χ2n) is 3.50. The molecule has 0 unspecified atom stereocenters.